The van der Waals surface area contributed by atoms with Gasteiger partial charge in [-0.3, -0.25) is 0 Å². The first-order valence-corrected chi connectivity index (χ1v) is 10.6. The molecule has 1 aliphatic heterocycles. The Balaban J connectivity index is 1.94. The number of hydrogen-bond donors (Lipinski definition) is 3. The number of allylic oxidation sites excluding steroid dienone is 2. The van der Waals surface area contributed by atoms with Gasteiger partial charge >= 0.3 is 0 Å². The summed E-state index contributed by atoms with van der Waals surface area (Å²) in [4.78, 5) is 0. The summed E-state index contributed by atoms with van der Waals surface area (Å²) in [6.45, 7) is 2.56. The Morgan fingerprint density at radius 3 is 2.23 bits per heavy atom. The molecule has 26 heavy (non-hydrogen) atoms. The third kappa shape index (κ3) is 10.0. The smallest absolute Gasteiger partial charge is 0.114 e. The van der Waals surface area contributed by atoms with Gasteiger partial charge in [-0.2, -0.15) is 0 Å². The minimum absolute atomic E-state index is 0.150. The van der Waals surface area contributed by atoms with Gasteiger partial charge in [-0.05, 0) is 32.1 Å². The van der Waals surface area contributed by atoms with Crippen LogP contribution in [0.25, 0.3) is 0 Å². The first-order chi connectivity index (χ1) is 12.7. The van der Waals surface area contributed by atoms with Crippen LogP contribution in [0.15, 0.2) is 12.2 Å². The number of aliphatic hydroxyl groups excluding tert-OH is 3. The molecule has 1 saturated heterocycles. The highest BCUT2D eigenvalue weighted by Gasteiger charge is 2.40. The van der Waals surface area contributed by atoms with Crippen molar-refractivity contribution in [1.29, 1.82) is 0 Å². The molecule has 1 heterocycles. The summed E-state index contributed by atoms with van der Waals surface area (Å²) >= 11 is 0. The number of unbranched alkanes of at least 4 members (excludes halogenated alkanes) is 9. The summed E-state index contributed by atoms with van der Waals surface area (Å²) < 4.78 is 11.0. The lowest BCUT2D eigenvalue weighted by Crippen LogP contribution is -2.42. The van der Waals surface area contributed by atoms with Crippen LogP contribution >= 0.6 is 0 Å². The maximum absolute atomic E-state index is 9.86. The Morgan fingerprint density at radius 2 is 1.62 bits per heavy atom. The van der Waals surface area contributed by atoms with E-state index < -0.39 is 24.4 Å². The second-order valence-corrected chi connectivity index (χ2v) is 7.33. The van der Waals surface area contributed by atoms with Gasteiger partial charge in [0, 0.05) is 6.61 Å². The molecule has 0 aliphatic carbocycles. The average Bonchev–Trinajstić information content (AvgIpc) is 3.02. The Kier molecular flexibility index (Phi) is 14.1. The van der Waals surface area contributed by atoms with Crippen LogP contribution in [-0.4, -0.2) is 59.6 Å². The number of ether oxygens (including phenoxy) is 2. The molecule has 0 aromatic rings. The molecule has 0 saturated carbocycles. The molecule has 5 nitrogen and oxygen atoms in total. The van der Waals surface area contributed by atoms with E-state index in [1.54, 1.807) is 0 Å². The van der Waals surface area contributed by atoms with Gasteiger partial charge in [0.05, 0.1) is 13.2 Å². The molecule has 0 spiro atoms. The maximum Gasteiger partial charge on any atom is 0.114 e. The molecule has 4 atom stereocenters. The first-order valence-electron chi connectivity index (χ1n) is 10.6. The predicted molar refractivity (Wildman–Crippen MR) is 104 cm³/mol. The van der Waals surface area contributed by atoms with Gasteiger partial charge < -0.3 is 24.8 Å². The fourth-order valence-electron chi connectivity index (χ4n) is 3.30. The van der Waals surface area contributed by atoms with Crippen molar-refractivity contribution in [1.82, 2.24) is 0 Å². The lowest BCUT2D eigenvalue weighted by atomic mass is 10.1. The van der Waals surface area contributed by atoms with Crippen LogP contribution in [0.3, 0.4) is 0 Å². The zero-order chi connectivity index (χ0) is 19.0. The Hall–Kier alpha value is -0.460. The van der Waals surface area contributed by atoms with E-state index in [1.807, 2.05) is 0 Å². The standard InChI is InChI=1S/C21H40O5/c1-2-3-4-5-6-7-8-9-10-11-12-13-14-15-25-21-19(24)17-26-20(21)18(23)16-22/h8-9,18-24H,2-7,10-17H2,1H3/b9-8+/t18-,19+,20+,21+/m0/s1. The molecule has 154 valence electrons. The summed E-state index contributed by atoms with van der Waals surface area (Å²) in [6, 6.07) is 0. The van der Waals surface area contributed by atoms with Crippen molar-refractivity contribution >= 4 is 0 Å². The van der Waals surface area contributed by atoms with Crippen LogP contribution in [0.1, 0.15) is 77.6 Å². The topological polar surface area (TPSA) is 79.2 Å². The van der Waals surface area contributed by atoms with Crippen LogP contribution in [-0.2, 0) is 9.47 Å². The van der Waals surface area contributed by atoms with Crippen LogP contribution < -0.4 is 0 Å². The molecule has 1 aliphatic rings. The van der Waals surface area contributed by atoms with Crippen molar-refractivity contribution in [3.8, 4) is 0 Å². The minimum Gasteiger partial charge on any atom is -0.394 e. The van der Waals surface area contributed by atoms with E-state index in [9.17, 15) is 10.2 Å². The second-order valence-electron chi connectivity index (χ2n) is 7.33. The van der Waals surface area contributed by atoms with Gasteiger partial charge in [0.25, 0.3) is 0 Å². The Bertz CT molecular complexity index is 347. The summed E-state index contributed by atoms with van der Waals surface area (Å²) in [7, 11) is 0. The molecule has 1 rings (SSSR count). The van der Waals surface area contributed by atoms with Gasteiger partial charge in [-0.1, -0.05) is 57.6 Å². The van der Waals surface area contributed by atoms with Crippen molar-refractivity contribution in [3.63, 3.8) is 0 Å². The molecule has 0 unspecified atom stereocenters. The molecular formula is C21H40O5. The van der Waals surface area contributed by atoms with Gasteiger partial charge in [0.1, 0.15) is 24.4 Å². The molecule has 0 aromatic heterocycles. The maximum atomic E-state index is 9.86. The molecule has 3 N–H and O–H groups in total. The third-order valence-corrected chi connectivity index (χ3v) is 4.95. The lowest BCUT2D eigenvalue weighted by Gasteiger charge is -2.23. The quantitative estimate of drug-likeness (QED) is 0.286. The van der Waals surface area contributed by atoms with E-state index >= 15 is 0 Å². The van der Waals surface area contributed by atoms with E-state index in [4.69, 9.17) is 14.6 Å². The van der Waals surface area contributed by atoms with Crippen molar-refractivity contribution in [2.24, 2.45) is 0 Å². The zero-order valence-corrected chi connectivity index (χ0v) is 16.5. The number of aliphatic hydroxyl groups is 3. The van der Waals surface area contributed by atoms with Gasteiger partial charge in [0.15, 0.2) is 0 Å². The highest BCUT2D eigenvalue weighted by molar-refractivity contribution is 4.89. The number of rotatable bonds is 16. The molecule has 1 fully saturated rings. The lowest BCUT2D eigenvalue weighted by molar-refractivity contribution is -0.0938. The average molecular weight is 373 g/mol. The van der Waals surface area contributed by atoms with E-state index in [0.717, 1.165) is 19.3 Å². The summed E-state index contributed by atoms with van der Waals surface area (Å²) in [5.41, 5.74) is 0. The van der Waals surface area contributed by atoms with Crippen LogP contribution in [0.2, 0.25) is 0 Å². The zero-order valence-electron chi connectivity index (χ0n) is 16.5. The Morgan fingerprint density at radius 1 is 1.00 bits per heavy atom. The summed E-state index contributed by atoms with van der Waals surface area (Å²) in [6.07, 6.45) is 15.2. The largest absolute Gasteiger partial charge is 0.394 e. The predicted octanol–water partition coefficient (Wildman–Crippen LogP) is 3.35. The summed E-state index contributed by atoms with van der Waals surface area (Å²) in [5, 5.41) is 28.6. The molecular weight excluding hydrogens is 332 g/mol. The second kappa shape index (κ2) is 15.6. The monoisotopic (exact) mass is 372 g/mol. The minimum atomic E-state index is -1.00. The van der Waals surface area contributed by atoms with Crippen molar-refractivity contribution in [2.75, 3.05) is 19.8 Å². The van der Waals surface area contributed by atoms with Gasteiger partial charge in [-0.15, -0.1) is 0 Å². The molecule has 5 heteroatoms. The van der Waals surface area contributed by atoms with E-state index in [-0.39, 0.29) is 13.2 Å². The molecule has 0 aromatic carbocycles. The van der Waals surface area contributed by atoms with Crippen molar-refractivity contribution in [3.05, 3.63) is 12.2 Å². The fraction of sp³-hybridized carbons (Fsp3) is 0.905. The van der Waals surface area contributed by atoms with Gasteiger partial charge in [-0.25, -0.2) is 0 Å². The molecule has 0 radical (unpaired) electrons. The molecule has 0 bridgehead atoms. The fourth-order valence-corrected chi connectivity index (χ4v) is 3.30. The normalized spacial score (nSPS) is 24.5. The van der Waals surface area contributed by atoms with E-state index in [2.05, 4.69) is 19.1 Å². The van der Waals surface area contributed by atoms with Crippen LogP contribution in [0, 0.1) is 0 Å². The molecule has 0 amide bonds. The SMILES string of the molecule is CCCCCCC/C=C/CCCCCCO[C@H]1[C@@H]([C@@H](O)CO)OC[C@H]1O. The summed E-state index contributed by atoms with van der Waals surface area (Å²) in [5.74, 6) is 0. The highest BCUT2D eigenvalue weighted by atomic mass is 16.6. The Labute approximate surface area is 159 Å². The van der Waals surface area contributed by atoms with E-state index in [1.165, 1.54) is 51.4 Å². The van der Waals surface area contributed by atoms with Crippen LogP contribution in [0.4, 0.5) is 0 Å². The van der Waals surface area contributed by atoms with E-state index in [0.29, 0.717) is 6.61 Å². The highest BCUT2D eigenvalue weighted by Crippen LogP contribution is 2.21. The van der Waals surface area contributed by atoms with Crippen LogP contribution in [0.5, 0.6) is 0 Å². The first kappa shape index (κ1) is 23.6. The van der Waals surface area contributed by atoms with Crippen molar-refractivity contribution in [2.45, 2.75) is 102 Å². The van der Waals surface area contributed by atoms with Gasteiger partial charge in [0.2, 0.25) is 0 Å². The number of hydrogen-bond acceptors (Lipinski definition) is 5. The van der Waals surface area contributed by atoms with Crippen molar-refractivity contribution < 1.29 is 24.8 Å². The third-order valence-electron chi connectivity index (χ3n) is 4.95.